The smallest absolute Gasteiger partial charge is 0.147 e. The summed E-state index contributed by atoms with van der Waals surface area (Å²) in [4.78, 5) is 8.07. The summed E-state index contributed by atoms with van der Waals surface area (Å²) in [6.07, 6.45) is 3.04. The van der Waals surface area contributed by atoms with Crippen LogP contribution in [-0.2, 0) is 6.54 Å². The number of nitrogen functional groups attached to an aromatic ring is 1. The molecule has 0 saturated carbocycles. The molecule has 0 saturated heterocycles. The van der Waals surface area contributed by atoms with E-state index in [9.17, 15) is 4.39 Å². The van der Waals surface area contributed by atoms with Crippen molar-refractivity contribution in [1.29, 1.82) is 5.26 Å². The van der Waals surface area contributed by atoms with Crippen LogP contribution in [-0.4, -0.2) is 14.5 Å². The van der Waals surface area contributed by atoms with E-state index in [1.807, 2.05) is 0 Å². The fourth-order valence-corrected chi connectivity index (χ4v) is 2.14. The van der Waals surface area contributed by atoms with E-state index < -0.39 is 0 Å². The van der Waals surface area contributed by atoms with Crippen LogP contribution < -0.4 is 5.73 Å². The number of nitriles is 1. The van der Waals surface area contributed by atoms with Gasteiger partial charge in [-0.15, -0.1) is 0 Å². The van der Waals surface area contributed by atoms with E-state index in [2.05, 4.69) is 16.0 Å². The van der Waals surface area contributed by atoms with Gasteiger partial charge >= 0.3 is 0 Å². The van der Waals surface area contributed by atoms with Crippen LogP contribution in [0.15, 0.2) is 36.8 Å². The summed E-state index contributed by atoms with van der Waals surface area (Å²) in [6, 6.07) is 8.27. The molecule has 0 atom stereocenters. The monoisotopic (exact) mass is 267 g/mol. The first kappa shape index (κ1) is 12.1. The van der Waals surface area contributed by atoms with Gasteiger partial charge in [0.2, 0.25) is 0 Å². The Balaban J connectivity index is 2.11. The van der Waals surface area contributed by atoms with Crippen LogP contribution in [0.3, 0.4) is 0 Å². The van der Waals surface area contributed by atoms with Crippen molar-refractivity contribution in [3.05, 3.63) is 53.7 Å². The number of benzene rings is 1. The molecule has 0 fully saturated rings. The number of halogens is 1. The third-order valence-electron chi connectivity index (χ3n) is 3.07. The van der Waals surface area contributed by atoms with E-state index in [1.165, 1.54) is 18.5 Å². The third-order valence-corrected chi connectivity index (χ3v) is 3.07. The lowest BCUT2D eigenvalue weighted by atomic mass is 10.2. The van der Waals surface area contributed by atoms with Gasteiger partial charge < -0.3 is 10.3 Å². The van der Waals surface area contributed by atoms with Crippen LogP contribution in [0.1, 0.15) is 11.1 Å². The average Bonchev–Trinajstić information content (AvgIpc) is 2.81. The Bertz CT molecular complexity index is 814. The van der Waals surface area contributed by atoms with Gasteiger partial charge in [0.05, 0.1) is 10.9 Å². The SMILES string of the molecule is N#Cc1cn(Cc2ccc(F)cc2)c2ncnc(N)c12. The molecule has 0 aliphatic carbocycles. The van der Waals surface area contributed by atoms with Gasteiger partial charge in [-0.1, -0.05) is 12.1 Å². The van der Waals surface area contributed by atoms with Crippen molar-refractivity contribution in [3.63, 3.8) is 0 Å². The zero-order chi connectivity index (χ0) is 14.1. The van der Waals surface area contributed by atoms with Crippen molar-refractivity contribution >= 4 is 16.9 Å². The Morgan fingerprint density at radius 3 is 2.70 bits per heavy atom. The predicted octanol–water partition coefficient (Wildman–Crippen LogP) is 2.07. The maximum Gasteiger partial charge on any atom is 0.147 e. The van der Waals surface area contributed by atoms with E-state index >= 15 is 0 Å². The Hall–Kier alpha value is -2.94. The van der Waals surface area contributed by atoms with E-state index in [0.29, 0.717) is 23.1 Å². The van der Waals surface area contributed by atoms with Crippen LogP contribution in [0.4, 0.5) is 10.2 Å². The summed E-state index contributed by atoms with van der Waals surface area (Å²) < 4.78 is 14.7. The third kappa shape index (κ3) is 1.95. The highest BCUT2D eigenvalue weighted by molar-refractivity contribution is 5.91. The number of aromatic nitrogens is 3. The molecule has 0 aliphatic rings. The molecule has 3 aromatic rings. The molecule has 2 N–H and O–H groups in total. The Morgan fingerprint density at radius 2 is 2.00 bits per heavy atom. The molecule has 0 spiro atoms. The van der Waals surface area contributed by atoms with Gasteiger partial charge in [-0.25, -0.2) is 14.4 Å². The Morgan fingerprint density at radius 1 is 1.25 bits per heavy atom. The van der Waals surface area contributed by atoms with Gasteiger partial charge in [0.15, 0.2) is 0 Å². The molecule has 0 aliphatic heterocycles. The second-order valence-electron chi connectivity index (χ2n) is 4.37. The molecule has 2 heterocycles. The first-order valence-electron chi connectivity index (χ1n) is 5.93. The lowest BCUT2D eigenvalue weighted by Gasteiger charge is -2.04. The fourth-order valence-electron chi connectivity index (χ4n) is 2.14. The van der Waals surface area contributed by atoms with Gasteiger partial charge in [-0.05, 0) is 17.7 Å². The highest BCUT2D eigenvalue weighted by Crippen LogP contribution is 2.23. The molecular weight excluding hydrogens is 257 g/mol. The minimum Gasteiger partial charge on any atom is -0.383 e. The number of hydrogen-bond donors (Lipinski definition) is 1. The summed E-state index contributed by atoms with van der Waals surface area (Å²) in [7, 11) is 0. The van der Waals surface area contributed by atoms with Gasteiger partial charge in [-0.3, -0.25) is 0 Å². The molecule has 1 aromatic carbocycles. The van der Waals surface area contributed by atoms with Crippen molar-refractivity contribution in [3.8, 4) is 6.07 Å². The first-order valence-corrected chi connectivity index (χ1v) is 5.93. The highest BCUT2D eigenvalue weighted by Gasteiger charge is 2.13. The van der Waals surface area contributed by atoms with E-state index in [-0.39, 0.29) is 11.6 Å². The number of rotatable bonds is 2. The molecule has 0 bridgehead atoms. The normalized spacial score (nSPS) is 10.6. The van der Waals surface area contributed by atoms with E-state index in [1.54, 1.807) is 22.9 Å². The first-order chi connectivity index (χ1) is 9.69. The zero-order valence-corrected chi connectivity index (χ0v) is 10.4. The number of nitrogens with two attached hydrogens (primary N) is 1. The van der Waals surface area contributed by atoms with Crippen LogP contribution in [0.2, 0.25) is 0 Å². The van der Waals surface area contributed by atoms with Crippen molar-refractivity contribution < 1.29 is 4.39 Å². The molecule has 6 heteroatoms. The summed E-state index contributed by atoms with van der Waals surface area (Å²) in [6.45, 7) is 0.481. The fraction of sp³-hybridized carbons (Fsp3) is 0.0714. The van der Waals surface area contributed by atoms with Gasteiger partial charge in [-0.2, -0.15) is 5.26 Å². The highest BCUT2D eigenvalue weighted by atomic mass is 19.1. The molecule has 0 unspecified atom stereocenters. The molecule has 2 aromatic heterocycles. The quantitative estimate of drug-likeness (QED) is 0.770. The van der Waals surface area contributed by atoms with Crippen LogP contribution in [0.25, 0.3) is 11.0 Å². The van der Waals surface area contributed by atoms with Crippen molar-refractivity contribution in [1.82, 2.24) is 14.5 Å². The average molecular weight is 267 g/mol. The minimum atomic E-state index is -0.282. The molecule has 5 nitrogen and oxygen atoms in total. The summed E-state index contributed by atoms with van der Waals surface area (Å²) in [5, 5.41) is 9.70. The molecule has 3 rings (SSSR count). The van der Waals surface area contributed by atoms with Gasteiger partial charge in [0.1, 0.15) is 29.7 Å². The zero-order valence-electron chi connectivity index (χ0n) is 10.4. The van der Waals surface area contributed by atoms with Crippen LogP contribution in [0, 0.1) is 17.1 Å². The van der Waals surface area contributed by atoms with E-state index in [4.69, 9.17) is 11.0 Å². The van der Waals surface area contributed by atoms with Crippen molar-refractivity contribution in [2.75, 3.05) is 5.73 Å². The minimum absolute atomic E-state index is 0.282. The maximum atomic E-state index is 12.9. The Labute approximate surface area is 114 Å². The molecular formula is C14H10FN5. The number of nitrogens with zero attached hydrogens (tertiary/aromatic N) is 4. The lowest BCUT2D eigenvalue weighted by Crippen LogP contribution is -2.00. The van der Waals surface area contributed by atoms with Crippen LogP contribution in [0.5, 0.6) is 0 Å². The van der Waals surface area contributed by atoms with E-state index in [0.717, 1.165) is 5.56 Å². The number of anilines is 1. The molecule has 20 heavy (non-hydrogen) atoms. The second-order valence-corrected chi connectivity index (χ2v) is 4.37. The summed E-state index contributed by atoms with van der Waals surface area (Å²) in [5.41, 5.74) is 7.73. The summed E-state index contributed by atoms with van der Waals surface area (Å²) in [5.74, 6) is -0.000182. The topological polar surface area (TPSA) is 80.5 Å². The maximum absolute atomic E-state index is 12.9. The van der Waals surface area contributed by atoms with Crippen molar-refractivity contribution in [2.24, 2.45) is 0 Å². The molecule has 0 amide bonds. The van der Waals surface area contributed by atoms with Gasteiger partial charge in [0, 0.05) is 12.7 Å². The number of fused-ring (bicyclic) bond motifs is 1. The molecule has 0 radical (unpaired) electrons. The van der Waals surface area contributed by atoms with Crippen LogP contribution >= 0.6 is 0 Å². The summed E-state index contributed by atoms with van der Waals surface area (Å²) >= 11 is 0. The van der Waals surface area contributed by atoms with Gasteiger partial charge in [0.25, 0.3) is 0 Å². The largest absolute Gasteiger partial charge is 0.383 e. The second kappa shape index (κ2) is 4.63. The molecule has 98 valence electrons. The Kier molecular flexibility index (Phi) is 2.80. The van der Waals surface area contributed by atoms with Crippen molar-refractivity contribution in [2.45, 2.75) is 6.54 Å². The number of hydrogen-bond acceptors (Lipinski definition) is 4. The predicted molar refractivity (Wildman–Crippen MR) is 72.2 cm³/mol. The standard InChI is InChI=1S/C14H10FN5/c15-11-3-1-9(2-4-11)6-20-7-10(5-16)12-13(17)18-8-19-14(12)20/h1-4,7-8H,6H2,(H2,17,18,19). The lowest BCUT2D eigenvalue weighted by molar-refractivity contribution is 0.626.